The van der Waals surface area contributed by atoms with Crippen LogP contribution in [0.3, 0.4) is 0 Å². The monoisotopic (exact) mass is 311 g/mol. The molecule has 23 heavy (non-hydrogen) atoms. The maximum absolute atomic E-state index is 12.4. The van der Waals surface area contributed by atoms with Crippen LogP contribution in [0.5, 0.6) is 5.75 Å². The Morgan fingerprint density at radius 3 is 2.74 bits per heavy atom. The number of allylic oxidation sites excluding steroid dienone is 1. The van der Waals surface area contributed by atoms with Crippen LogP contribution in [0.4, 0.5) is 5.69 Å². The van der Waals surface area contributed by atoms with Crippen molar-refractivity contribution >= 4 is 11.6 Å². The third-order valence-electron chi connectivity index (χ3n) is 3.40. The Bertz CT molecular complexity index is 695. The topological polar surface area (TPSA) is 47.6 Å². The standard InChI is InChI=1S/C19H21NO3/c1-4-6-15-12-16(9-10-18(15)23-3)19(21)20-17-8-5-7-14(11-17)13-22-2/h4-5,7-12H,1,6,13H2,2-3H3,(H,20,21). The van der Waals surface area contributed by atoms with E-state index < -0.39 is 0 Å². The van der Waals surface area contributed by atoms with Gasteiger partial charge in [-0.25, -0.2) is 0 Å². The van der Waals surface area contributed by atoms with Crippen molar-refractivity contribution in [1.82, 2.24) is 0 Å². The van der Waals surface area contributed by atoms with Gasteiger partial charge in [-0.05, 0) is 47.9 Å². The molecule has 0 saturated heterocycles. The molecule has 4 heteroatoms. The fourth-order valence-electron chi connectivity index (χ4n) is 2.34. The fourth-order valence-corrected chi connectivity index (χ4v) is 2.34. The zero-order valence-corrected chi connectivity index (χ0v) is 13.5. The van der Waals surface area contributed by atoms with Crippen molar-refractivity contribution in [3.63, 3.8) is 0 Å². The summed E-state index contributed by atoms with van der Waals surface area (Å²) in [5, 5.41) is 2.90. The zero-order chi connectivity index (χ0) is 16.7. The molecule has 4 nitrogen and oxygen atoms in total. The lowest BCUT2D eigenvalue weighted by molar-refractivity contribution is 0.102. The third-order valence-corrected chi connectivity index (χ3v) is 3.40. The Morgan fingerprint density at radius 1 is 1.22 bits per heavy atom. The molecular formula is C19H21NO3. The molecule has 0 heterocycles. The molecule has 0 spiro atoms. The van der Waals surface area contributed by atoms with Gasteiger partial charge in [0.2, 0.25) is 0 Å². The van der Waals surface area contributed by atoms with Crippen LogP contribution in [0, 0.1) is 0 Å². The van der Waals surface area contributed by atoms with Crippen molar-refractivity contribution in [2.45, 2.75) is 13.0 Å². The second-order valence-electron chi connectivity index (χ2n) is 5.11. The van der Waals surface area contributed by atoms with E-state index in [2.05, 4.69) is 11.9 Å². The molecule has 2 aromatic carbocycles. The number of ether oxygens (including phenoxy) is 2. The van der Waals surface area contributed by atoms with Crippen molar-refractivity contribution in [3.05, 3.63) is 71.8 Å². The number of hydrogen-bond acceptors (Lipinski definition) is 3. The van der Waals surface area contributed by atoms with Crippen molar-refractivity contribution in [2.75, 3.05) is 19.5 Å². The lowest BCUT2D eigenvalue weighted by Gasteiger charge is -2.11. The van der Waals surface area contributed by atoms with Gasteiger partial charge in [-0.2, -0.15) is 0 Å². The van der Waals surface area contributed by atoms with Crippen LogP contribution >= 0.6 is 0 Å². The molecule has 0 aliphatic heterocycles. The van der Waals surface area contributed by atoms with E-state index in [0.717, 1.165) is 22.6 Å². The predicted octanol–water partition coefficient (Wildman–Crippen LogP) is 3.82. The Labute approximate surface area is 136 Å². The van der Waals surface area contributed by atoms with Gasteiger partial charge in [0.15, 0.2) is 0 Å². The first kappa shape index (κ1) is 16.8. The third kappa shape index (κ3) is 4.44. The van der Waals surface area contributed by atoms with E-state index in [4.69, 9.17) is 9.47 Å². The lowest BCUT2D eigenvalue weighted by atomic mass is 10.1. The van der Waals surface area contributed by atoms with Crippen LogP contribution in [0.2, 0.25) is 0 Å². The Hall–Kier alpha value is -2.59. The molecule has 0 unspecified atom stereocenters. The summed E-state index contributed by atoms with van der Waals surface area (Å²) in [4.78, 5) is 12.4. The van der Waals surface area contributed by atoms with Crippen LogP contribution in [-0.4, -0.2) is 20.1 Å². The highest BCUT2D eigenvalue weighted by molar-refractivity contribution is 6.04. The molecule has 0 bridgehead atoms. The Balaban J connectivity index is 2.18. The Kier molecular flexibility index (Phi) is 5.94. The first-order valence-corrected chi connectivity index (χ1v) is 7.35. The number of hydrogen-bond donors (Lipinski definition) is 1. The van der Waals surface area contributed by atoms with Crippen molar-refractivity contribution in [3.8, 4) is 5.75 Å². The van der Waals surface area contributed by atoms with Gasteiger partial charge in [0, 0.05) is 18.4 Å². The van der Waals surface area contributed by atoms with Crippen LogP contribution < -0.4 is 10.1 Å². The second-order valence-corrected chi connectivity index (χ2v) is 5.11. The van der Waals surface area contributed by atoms with Gasteiger partial charge in [0.1, 0.15) is 5.75 Å². The summed E-state index contributed by atoms with van der Waals surface area (Å²) in [5.41, 5.74) is 3.26. The van der Waals surface area contributed by atoms with Gasteiger partial charge in [0.05, 0.1) is 13.7 Å². The fraction of sp³-hybridized carbons (Fsp3) is 0.211. The highest BCUT2D eigenvalue weighted by Gasteiger charge is 2.10. The highest BCUT2D eigenvalue weighted by atomic mass is 16.5. The van der Waals surface area contributed by atoms with E-state index in [0.29, 0.717) is 18.6 Å². The van der Waals surface area contributed by atoms with E-state index in [1.165, 1.54) is 0 Å². The summed E-state index contributed by atoms with van der Waals surface area (Å²) in [6.07, 6.45) is 2.43. The number of methoxy groups -OCH3 is 2. The number of nitrogens with one attached hydrogen (secondary N) is 1. The highest BCUT2D eigenvalue weighted by Crippen LogP contribution is 2.21. The summed E-state index contributed by atoms with van der Waals surface area (Å²) in [6.45, 7) is 4.24. The average molecular weight is 311 g/mol. The number of benzene rings is 2. The molecule has 0 radical (unpaired) electrons. The van der Waals surface area contributed by atoms with Crippen LogP contribution in [-0.2, 0) is 17.8 Å². The number of anilines is 1. The molecule has 0 aliphatic carbocycles. The maximum atomic E-state index is 12.4. The minimum absolute atomic E-state index is 0.160. The average Bonchev–Trinajstić information content (AvgIpc) is 2.56. The van der Waals surface area contributed by atoms with Crippen LogP contribution in [0.25, 0.3) is 0 Å². The lowest BCUT2D eigenvalue weighted by Crippen LogP contribution is -2.12. The second kappa shape index (κ2) is 8.15. The van der Waals surface area contributed by atoms with Crippen molar-refractivity contribution < 1.29 is 14.3 Å². The summed E-state index contributed by atoms with van der Waals surface area (Å²) in [5.74, 6) is 0.594. The van der Waals surface area contributed by atoms with Crippen molar-refractivity contribution in [1.29, 1.82) is 0 Å². The zero-order valence-electron chi connectivity index (χ0n) is 13.5. The smallest absolute Gasteiger partial charge is 0.255 e. The maximum Gasteiger partial charge on any atom is 0.255 e. The van der Waals surface area contributed by atoms with Gasteiger partial charge < -0.3 is 14.8 Å². The van der Waals surface area contributed by atoms with Gasteiger partial charge in [-0.1, -0.05) is 18.2 Å². The molecule has 2 aromatic rings. The normalized spacial score (nSPS) is 10.2. The minimum Gasteiger partial charge on any atom is -0.496 e. The predicted molar refractivity (Wildman–Crippen MR) is 92.0 cm³/mol. The molecule has 1 amide bonds. The molecule has 1 N–H and O–H groups in total. The minimum atomic E-state index is -0.160. The van der Waals surface area contributed by atoms with Gasteiger partial charge in [-0.3, -0.25) is 4.79 Å². The Morgan fingerprint density at radius 2 is 2.04 bits per heavy atom. The van der Waals surface area contributed by atoms with Crippen LogP contribution in [0.1, 0.15) is 21.5 Å². The quantitative estimate of drug-likeness (QED) is 0.791. The molecule has 120 valence electrons. The van der Waals surface area contributed by atoms with Gasteiger partial charge in [-0.15, -0.1) is 6.58 Å². The summed E-state index contributed by atoms with van der Waals surface area (Å²) >= 11 is 0. The number of carbonyl (C=O) groups is 1. The molecular weight excluding hydrogens is 290 g/mol. The van der Waals surface area contributed by atoms with Gasteiger partial charge >= 0.3 is 0 Å². The molecule has 0 saturated carbocycles. The van der Waals surface area contributed by atoms with E-state index in [1.807, 2.05) is 30.3 Å². The number of rotatable bonds is 7. The summed E-state index contributed by atoms with van der Waals surface area (Å²) in [7, 11) is 3.26. The first-order valence-electron chi connectivity index (χ1n) is 7.35. The molecule has 0 aliphatic rings. The molecule has 2 rings (SSSR count). The van der Waals surface area contributed by atoms with Gasteiger partial charge in [0.25, 0.3) is 5.91 Å². The van der Waals surface area contributed by atoms with E-state index in [9.17, 15) is 4.79 Å². The molecule has 0 aromatic heterocycles. The van der Waals surface area contributed by atoms with Crippen molar-refractivity contribution in [2.24, 2.45) is 0 Å². The van der Waals surface area contributed by atoms with E-state index in [1.54, 1.807) is 32.4 Å². The largest absolute Gasteiger partial charge is 0.496 e. The number of carbonyl (C=O) groups excluding carboxylic acids is 1. The summed E-state index contributed by atoms with van der Waals surface area (Å²) in [6, 6.07) is 13.0. The number of amides is 1. The van der Waals surface area contributed by atoms with E-state index in [-0.39, 0.29) is 5.91 Å². The SMILES string of the molecule is C=CCc1cc(C(=O)Nc2cccc(COC)c2)ccc1OC. The van der Waals surface area contributed by atoms with E-state index >= 15 is 0 Å². The first-order chi connectivity index (χ1) is 11.2. The molecule has 0 fully saturated rings. The molecule has 0 atom stereocenters. The van der Waals surface area contributed by atoms with Crippen LogP contribution in [0.15, 0.2) is 55.1 Å². The summed E-state index contributed by atoms with van der Waals surface area (Å²) < 4.78 is 10.4.